The average molecular weight is 290 g/mol. The Hall–Kier alpha value is -1.39. The third-order valence-electron chi connectivity index (χ3n) is 4.57. The molecule has 0 saturated carbocycles. The lowest BCUT2D eigenvalue weighted by Crippen LogP contribution is -2.40. The summed E-state index contributed by atoms with van der Waals surface area (Å²) in [5.74, 6) is 1.55. The van der Waals surface area contributed by atoms with E-state index < -0.39 is 0 Å². The Morgan fingerprint density at radius 1 is 1.29 bits per heavy atom. The number of hydrogen-bond acceptors (Lipinski definition) is 4. The molecule has 0 N–H and O–H groups in total. The Morgan fingerprint density at radius 2 is 1.90 bits per heavy atom. The molecule has 0 amide bonds. The topological polar surface area (TPSA) is 32.8 Å². The predicted molar refractivity (Wildman–Crippen MR) is 85.0 cm³/mol. The number of ketones is 1. The highest BCUT2D eigenvalue weighted by molar-refractivity contribution is 5.99. The number of rotatable bonds is 5. The van der Waals surface area contributed by atoms with Crippen LogP contribution in [0.4, 0.5) is 0 Å². The molecule has 1 heterocycles. The summed E-state index contributed by atoms with van der Waals surface area (Å²) in [6.45, 7) is 6.20. The number of carbonyl (C=O) groups excluding carboxylic acids is 1. The quantitative estimate of drug-likeness (QED) is 0.778. The van der Waals surface area contributed by atoms with Gasteiger partial charge >= 0.3 is 0 Å². The van der Waals surface area contributed by atoms with Gasteiger partial charge < -0.3 is 9.64 Å². The van der Waals surface area contributed by atoms with Gasteiger partial charge in [0.2, 0.25) is 0 Å². The first kappa shape index (κ1) is 16.0. The summed E-state index contributed by atoms with van der Waals surface area (Å²) in [7, 11) is 5.85. The lowest BCUT2D eigenvalue weighted by atomic mass is 10.0. The first-order valence-corrected chi connectivity index (χ1v) is 7.52. The van der Waals surface area contributed by atoms with E-state index in [4.69, 9.17) is 4.74 Å². The third kappa shape index (κ3) is 3.44. The molecule has 1 aromatic carbocycles. The van der Waals surface area contributed by atoms with E-state index in [0.29, 0.717) is 12.0 Å². The van der Waals surface area contributed by atoms with Gasteiger partial charge in [-0.25, -0.2) is 0 Å². The first-order valence-electron chi connectivity index (χ1n) is 7.52. The van der Waals surface area contributed by atoms with Crippen molar-refractivity contribution in [2.24, 2.45) is 5.92 Å². The summed E-state index contributed by atoms with van der Waals surface area (Å²) in [5.41, 5.74) is 0.754. The molecule has 0 bridgehead atoms. The van der Waals surface area contributed by atoms with Crippen LogP contribution in [0.1, 0.15) is 24.2 Å². The Morgan fingerprint density at radius 3 is 2.38 bits per heavy atom. The number of hydrogen-bond donors (Lipinski definition) is 0. The fourth-order valence-electron chi connectivity index (χ4n) is 3.14. The van der Waals surface area contributed by atoms with Gasteiger partial charge in [0.25, 0.3) is 0 Å². The largest absolute Gasteiger partial charge is 0.497 e. The molecule has 1 aromatic rings. The molecule has 2 rings (SSSR count). The van der Waals surface area contributed by atoms with Gasteiger partial charge in [-0.1, -0.05) is 6.92 Å². The van der Waals surface area contributed by atoms with Crippen LogP contribution in [0.5, 0.6) is 5.75 Å². The summed E-state index contributed by atoms with van der Waals surface area (Å²) in [6, 6.07) is 7.83. The van der Waals surface area contributed by atoms with Crippen molar-refractivity contribution < 1.29 is 9.53 Å². The van der Waals surface area contributed by atoms with Gasteiger partial charge in [-0.05, 0) is 51.2 Å². The Labute approximate surface area is 127 Å². The minimum absolute atomic E-state index is 0.0780. The van der Waals surface area contributed by atoms with E-state index >= 15 is 0 Å². The average Bonchev–Trinajstić information content (AvgIpc) is 2.88. The molecule has 1 saturated heterocycles. The second-order valence-electron chi connectivity index (χ2n) is 6.23. The zero-order valence-corrected chi connectivity index (χ0v) is 13.7. The van der Waals surface area contributed by atoms with Crippen LogP contribution in [0, 0.1) is 5.92 Å². The van der Waals surface area contributed by atoms with E-state index in [0.717, 1.165) is 24.4 Å². The van der Waals surface area contributed by atoms with Gasteiger partial charge in [0.05, 0.1) is 13.2 Å². The maximum Gasteiger partial charge on any atom is 0.179 e. The van der Waals surface area contributed by atoms with Crippen LogP contribution in [0.15, 0.2) is 24.3 Å². The molecule has 0 spiro atoms. The first-order chi connectivity index (χ1) is 9.93. The Kier molecular flexibility index (Phi) is 5.01. The molecule has 1 fully saturated rings. The molecule has 4 heteroatoms. The number of ether oxygens (including phenoxy) is 1. The van der Waals surface area contributed by atoms with Gasteiger partial charge in [-0.2, -0.15) is 0 Å². The van der Waals surface area contributed by atoms with Gasteiger partial charge in [0, 0.05) is 24.7 Å². The molecule has 3 atom stereocenters. The fraction of sp³-hybridized carbons (Fsp3) is 0.588. The van der Waals surface area contributed by atoms with Crippen molar-refractivity contribution >= 4 is 5.78 Å². The second-order valence-corrected chi connectivity index (χ2v) is 6.23. The summed E-state index contributed by atoms with van der Waals surface area (Å²) in [6.07, 6.45) is 0. The number of likely N-dealkylation sites (N-methyl/N-ethyl adjacent to an activating group) is 1. The highest BCUT2D eigenvalue weighted by Crippen LogP contribution is 2.23. The van der Waals surface area contributed by atoms with Crippen molar-refractivity contribution in [1.82, 2.24) is 9.80 Å². The summed E-state index contributed by atoms with van der Waals surface area (Å²) in [4.78, 5) is 17.2. The minimum atomic E-state index is -0.0780. The van der Waals surface area contributed by atoms with Crippen LogP contribution in [0.3, 0.4) is 0 Å². The van der Waals surface area contributed by atoms with E-state index in [-0.39, 0.29) is 11.8 Å². The van der Waals surface area contributed by atoms with E-state index in [1.807, 2.05) is 31.2 Å². The maximum absolute atomic E-state index is 12.6. The number of nitrogens with zero attached hydrogens (tertiary/aromatic N) is 2. The predicted octanol–water partition coefficient (Wildman–Crippen LogP) is 2.15. The van der Waals surface area contributed by atoms with E-state index in [2.05, 4.69) is 30.8 Å². The van der Waals surface area contributed by atoms with Gasteiger partial charge in [-0.15, -0.1) is 0 Å². The molecule has 1 aliphatic heterocycles. The molecule has 116 valence electrons. The van der Waals surface area contributed by atoms with Crippen molar-refractivity contribution in [3.63, 3.8) is 0 Å². The summed E-state index contributed by atoms with van der Waals surface area (Å²) in [5, 5.41) is 0. The van der Waals surface area contributed by atoms with Crippen molar-refractivity contribution in [3.8, 4) is 5.75 Å². The van der Waals surface area contributed by atoms with Crippen molar-refractivity contribution in [2.45, 2.75) is 25.9 Å². The van der Waals surface area contributed by atoms with Crippen molar-refractivity contribution in [1.29, 1.82) is 0 Å². The third-order valence-corrected chi connectivity index (χ3v) is 4.57. The van der Waals surface area contributed by atoms with Crippen LogP contribution in [0.25, 0.3) is 0 Å². The molecular formula is C17H26N2O2. The normalized spacial score (nSPS) is 24.3. The second kappa shape index (κ2) is 6.58. The number of likely N-dealkylation sites (tertiary alicyclic amines) is 1. The molecule has 21 heavy (non-hydrogen) atoms. The maximum atomic E-state index is 12.6. The van der Waals surface area contributed by atoms with Gasteiger partial charge in [0.15, 0.2) is 5.78 Å². The van der Waals surface area contributed by atoms with Gasteiger partial charge in [0.1, 0.15) is 5.75 Å². The minimum Gasteiger partial charge on any atom is -0.497 e. The van der Waals surface area contributed by atoms with Crippen LogP contribution >= 0.6 is 0 Å². The molecule has 0 aliphatic carbocycles. The molecule has 0 aromatic heterocycles. The van der Waals surface area contributed by atoms with Crippen LogP contribution in [-0.4, -0.2) is 62.0 Å². The molecular weight excluding hydrogens is 264 g/mol. The standard InChI is InChI=1S/C17H26N2O2/c1-12-10-19(11-16(12)18(3)4)13(2)17(20)14-6-8-15(21-5)9-7-14/h6-9,12-13,16H,10-11H2,1-5H3. The van der Waals surface area contributed by atoms with Crippen LogP contribution in [0.2, 0.25) is 0 Å². The van der Waals surface area contributed by atoms with Gasteiger partial charge in [-0.3, -0.25) is 9.69 Å². The highest BCUT2D eigenvalue weighted by atomic mass is 16.5. The zero-order chi connectivity index (χ0) is 15.6. The van der Waals surface area contributed by atoms with E-state index in [1.165, 1.54) is 0 Å². The molecule has 0 radical (unpaired) electrons. The van der Waals surface area contributed by atoms with Crippen LogP contribution < -0.4 is 4.74 Å². The monoisotopic (exact) mass is 290 g/mol. The number of Topliss-reactive ketones (excluding diaryl/α,β-unsaturated/α-hetero) is 1. The van der Waals surface area contributed by atoms with E-state index in [1.54, 1.807) is 7.11 Å². The number of carbonyl (C=O) groups is 1. The zero-order valence-electron chi connectivity index (χ0n) is 13.7. The summed E-state index contributed by atoms with van der Waals surface area (Å²) < 4.78 is 5.14. The molecule has 1 aliphatic rings. The Bertz CT molecular complexity index is 484. The molecule has 4 nitrogen and oxygen atoms in total. The van der Waals surface area contributed by atoms with Crippen molar-refractivity contribution in [3.05, 3.63) is 29.8 Å². The summed E-state index contributed by atoms with van der Waals surface area (Å²) >= 11 is 0. The fourth-order valence-corrected chi connectivity index (χ4v) is 3.14. The Balaban J connectivity index is 2.05. The smallest absolute Gasteiger partial charge is 0.179 e. The SMILES string of the molecule is COc1ccc(C(=O)C(C)N2CC(C)C(N(C)C)C2)cc1. The lowest BCUT2D eigenvalue weighted by Gasteiger charge is -2.25. The highest BCUT2D eigenvalue weighted by Gasteiger charge is 2.35. The molecule has 3 unspecified atom stereocenters. The van der Waals surface area contributed by atoms with Crippen LogP contribution in [-0.2, 0) is 0 Å². The van der Waals surface area contributed by atoms with E-state index in [9.17, 15) is 4.79 Å². The number of benzene rings is 1. The number of methoxy groups -OCH3 is 1. The van der Waals surface area contributed by atoms with Crippen molar-refractivity contribution in [2.75, 3.05) is 34.3 Å². The lowest BCUT2D eigenvalue weighted by molar-refractivity contribution is 0.0858.